The number of benzene rings is 1. The van der Waals surface area contributed by atoms with E-state index in [0.29, 0.717) is 10.6 Å². The molecule has 2 N–H and O–H groups in total. The Kier molecular flexibility index (Phi) is 3.28. The zero-order valence-electron chi connectivity index (χ0n) is 6.77. The van der Waals surface area contributed by atoms with Crippen LogP contribution in [0.5, 0.6) is 0 Å². The molecular weight excluding hydrogens is 192 g/mol. The first-order valence-corrected chi connectivity index (χ1v) is 4.13. The van der Waals surface area contributed by atoms with Gasteiger partial charge in [0.15, 0.2) is 0 Å². The number of hydrogen-bond donors (Lipinski definition) is 2. The summed E-state index contributed by atoms with van der Waals surface area (Å²) >= 11 is 5.75. The highest BCUT2D eigenvalue weighted by atomic mass is 35.5. The third-order valence-electron chi connectivity index (χ3n) is 1.63. The second kappa shape index (κ2) is 4.25. The van der Waals surface area contributed by atoms with Crippen molar-refractivity contribution >= 4 is 17.6 Å². The molecule has 0 bridgehead atoms. The van der Waals surface area contributed by atoms with Crippen molar-refractivity contribution in [1.82, 2.24) is 0 Å². The number of carboxylic acid groups (broad SMARTS) is 1. The lowest BCUT2D eigenvalue weighted by Gasteiger charge is -2.09. The Hall–Kier alpha value is -1.06. The Morgan fingerprint density at radius 3 is 2.62 bits per heavy atom. The lowest BCUT2D eigenvalue weighted by molar-refractivity contribution is -0.139. The zero-order valence-corrected chi connectivity index (χ0v) is 7.53. The van der Waals surface area contributed by atoms with Gasteiger partial charge in [-0.25, -0.2) is 0 Å². The number of aliphatic hydroxyl groups is 1. The zero-order chi connectivity index (χ0) is 9.84. The fraction of sp³-hybridized carbons (Fsp3) is 0.222. The number of rotatable bonds is 3. The van der Waals surface area contributed by atoms with Gasteiger partial charge < -0.3 is 10.2 Å². The smallest absolute Gasteiger partial charge is 0.306 e. The van der Waals surface area contributed by atoms with Crippen LogP contribution in [-0.2, 0) is 4.79 Å². The standard InChI is InChI=1S/C9H9ClO3/c10-7-4-2-1-3-6(7)8(11)5-9(12)13/h1-4,8,11H,5H2,(H,12,13). The molecule has 0 heterocycles. The molecule has 0 aliphatic heterocycles. The van der Waals surface area contributed by atoms with E-state index in [2.05, 4.69) is 0 Å². The van der Waals surface area contributed by atoms with E-state index in [4.69, 9.17) is 16.7 Å². The predicted octanol–water partition coefficient (Wildman–Crippen LogP) is 1.85. The van der Waals surface area contributed by atoms with E-state index >= 15 is 0 Å². The minimum atomic E-state index is -1.05. The minimum Gasteiger partial charge on any atom is -0.481 e. The van der Waals surface area contributed by atoms with Crippen molar-refractivity contribution in [1.29, 1.82) is 0 Å². The summed E-state index contributed by atoms with van der Waals surface area (Å²) in [5, 5.41) is 18.2. The second-order valence-corrected chi connectivity index (χ2v) is 3.04. The highest BCUT2D eigenvalue weighted by molar-refractivity contribution is 6.31. The van der Waals surface area contributed by atoms with Crippen molar-refractivity contribution in [2.45, 2.75) is 12.5 Å². The van der Waals surface area contributed by atoms with E-state index in [0.717, 1.165) is 0 Å². The summed E-state index contributed by atoms with van der Waals surface area (Å²) in [6.07, 6.45) is -1.37. The Morgan fingerprint density at radius 1 is 1.46 bits per heavy atom. The summed E-state index contributed by atoms with van der Waals surface area (Å²) in [7, 11) is 0. The molecule has 0 radical (unpaired) electrons. The van der Waals surface area contributed by atoms with Gasteiger partial charge in [0.25, 0.3) is 0 Å². The number of hydrogen-bond acceptors (Lipinski definition) is 2. The molecule has 0 aromatic heterocycles. The van der Waals surface area contributed by atoms with Crippen LogP contribution in [0.2, 0.25) is 5.02 Å². The van der Waals surface area contributed by atoms with Crippen LogP contribution in [0.25, 0.3) is 0 Å². The van der Waals surface area contributed by atoms with E-state index < -0.39 is 12.1 Å². The Bertz CT molecular complexity index is 311. The average molecular weight is 201 g/mol. The molecular formula is C9H9ClO3. The monoisotopic (exact) mass is 200 g/mol. The first kappa shape index (κ1) is 10.0. The van der Waals surface area contributed by atoms with Crippen molar-refractivity contribution in [3.8, 4) is 0 Å². The fourth-order valence-electron chi connectivity index (χ4n) is 1.02. The summed E-state index contributed by atoms with van der Waals surface area (Å²) in [4.78, 5) is 10.3. The van der Waals surface area contributed by atoms with Gasteiger partial charge in [-0.1, -0.05) is 29.8 Å². The number of carboxylic acids is 1. The minimum absolute atomic E-state index is 0.330. The first-order valence-electron chi connectivity index (χ1n) is 3.75. The molecule has 0 aliphatic rings. The summed E-state index contributed by atoms with van der Waals surface area (Å²) in [5.41, 5.74) is 0.451. The second-order valence-electron chi connectivity index (χ2n) is 2.64. The highest BCUT2D eigenvalue weighted by Crippen LogP contribution is 2.24. The van der Waals surface area contributed by atoms with Gasteiger partial charge in [-0.05, 0) is 11.6 Å². The summed E-state index contributed by atoms with van der Waals surface area (Å²) in [6.45, 7) is 0. The fourth-order valence-corrected chi connectivity index (χ4v) is 1.28. The van der Waals surface area contributed by atoms with Gasteiger partial charge in [0.2, 0.25) is 0 Å². The maximum absolute atomic E-state index is 10.3. The molecule has 4 heteroatoms. The number of aliphatic carboxylic acids is 1. The SMILES string of the molecule is O=C(O)CC(O)c1ccccc1Cl. The molecule has 0 saturated carbocycles. The Morgan fingerprint density at radius 2 is 2.08 bits per heavy atom. The van der Waals surface area contributed by atoms with Crippen LogP contribution >= 0.6 is 11.6 Å². The van der Waals surface area contributed by atoms with Crippen LogP contribution in [0.4, 0.5) is 0 Å². The molecule has 1 unspecified atom stereocenters. The van der Waals surface area contributed by atoms with E-state index in [-0.39, 0.29) is 6.42 Å². The lowest BCUT2D eigenvalue weighted by Crippen LogP contribution is -2.05. The maximum Gasteiger partial charge on any atom is 0.306 e. The van der Waals surface area contributed by atoms with Gasteiger partial charge in [-0.2, -0.15) is 0 Å². The third kappa shape index (κ3) is 2.72. The molecule has 0 saturated heterocycles. The van der Waals surface area contributed by atoms with Gasteiger partial charge in [-0.3, -0.25) is 4.79 Å². The molecule has 0 amide bonds. The van der Waals surface area contributed by atoms with Crippen LogP contribution in [0.15, 0.2) is 24.3 Å². The van der Waals surface area contributed by atoms with Crippen LogP contribution in [0.3, 0.4) is 0 Å². The third-order valence-corrected chi connectivity index (χ3v) is 1.98. The van der Waals surface area contributed by atoms with Gasteiger partial charge in [0, 0.05) is 5.02 Å². The molecule has 1 atom stereocenters. The van der Waals surface area contributed by atoms with E-state index in [1.54, 1.807) is 24.3 Å². The van der Waals surface area contributed by atoms with E-state index in [1.165, 1.54) is 0 Å². The van der Waals surface area contributed by atoms with Crippen molar-refractivity contribution in [3.63, 3.8) is 0 Å². The molecule has 1 rings (SSSR count). The average Bonchev–Trinajstić information content (AvgIpc) is 2.03. The summed E-state index contributed by atoms with van der Waals surface area (Å²) < 4.78 is 0. The molecule has 3 nitrogen and oxygen atoms in total. The van der Waals surface area contributed by atoms with Gasteiger partial charge >= 0.3 is 5.97 Å². The Balaban J connectivity index is 2.82. The van der Waals surface area contributed by atoms with Crippen molar-refractivity contribution in [3.05, 3.63) is 34.9 Å². The number of carbonyl (C=O) groups is 1. The quantitative estimate of drug-likeness (QED) is 0.783. The number of aliphatic hydroxyl groups excluding tert-OH is 1. The summed E-state index contributed by atoms with van der Waals surface area (Å²) in [6, 6.07) is 6.64. The topological polar surface area (TPSA) is 57.5 Å². The molecule has 0 aliphatic carbocycles. The normalized spacial score (nSPS) is 12.5. The van der Waals surface area contributed by atoms with Gasteiger partial charge in [0.05, 0.1) is 12.5 Å². The molecule has 1 aromatic carbocycles. The van der Waals surface area contributed by atoms with Crippen LogP contribution in [0.1, 0.15) is 18.1 Å². The molecule has 1 aromatic rings. The predicted molar refractivity (Wildman–Crippen MR) is 48.7 cm³/mol. The van der Waals surface area contributed by atoms with E-state index in [9.17, 15) is 9.90 Å². The molecule has 0 fully saturated rings. The molecule has 70 valence electrons. The molecule has 13 heavy (non-hydrogen) atoms. The van der Waals surface area contributed by atoms with Gasteiger partial charge in [0.1, 0.15) is 0 Å². The Labute approximate surface area is 80.6 Å². The van der Waals surface area contributed by atoms with E-state index in [1.807, 2.05) is 0 Å². The number of halogens is 1. The van der Waals surface area contributed by atoms with Crippen molar-refractivity contribution in [2.75, 3.05) is 0 Å². The first-order chi connectivity index (χ1) is 6.11. The van der Waals surface area contributed by atoms with Crippen LogP contribution in [0, 0.1) is 0 Å². The summed E-state index contributed by atoms with van der Waals surface area (Å²) in [5.74, 6) is -1.05. The maximum atomic E-state index is 10.3. The lowest BCUT2D eigenvalue weighted by atomic mass is 10.1. The van der Waals surface area contributed by atoms with Crippen molar-refractivity contribution < 1.29 is 15.0 Å². The van der Waals surface area contributed by atoms with Gasteiger partial charge in [-0.15, -0.1) is 0 Å². The molecule has 0 spiro atoms. The largest absolute Gasteiger partial charge is 0.481 e. The highest BCUT2D eigenvalue weighted by Gasteiger charge is 2.14. The van der Waals surface area contributed by atoms with Crippen LogP contribution in [-0.4, -0.2) is 16.2 Å². The van der Waals surface area contributed by atoms with Crippen molar-refractivity contribution in [2.24, 2.45) is 0 Å². The van der Waals surface area contributed by atoms with Crippen LogP contribution < -0.4 is 0 Å².